The second kappa shape index (κ2) is 9.44. The SMILES string of the molecule is N#CC(Cc1ccc(O)cc1)NC(=O)c1ccc2c(c1)nc(-c1ccoc1)n2C1CCCCC1. The summed E-state index contributed by atoms with van der Waals surface area (Å²) in [5, 5.41) is 21.8. The average Bonchev–Trinajstić information content (AvgIpc) is 3.53. The lowest BCUT2D eigenvalue weighted by Crippen LogP contribution is -2.35. The van der Waals surface area contributed by atoms with E-state index < -0.39 is 6.04 Å². The predicted octanol–water partition coefficient (Wildman–Crippen LogP) is 5.37. The molecule has 2 aromatic heterocycles. The Morgan fingerprint density at radius 3 is 2.68 bits per heavy atom. The number of imidazole rings is 1. The Balaban J connectivity index is 1.42. The van der Waals surface area contributed by atoms with Crippen LogP contribution in [0.4, 0.5) is 0 Å². The summed E-state index contributed by atoms with van der Waals surface area (Å²) < 4.78 is 7.61. The number of hydrogen-bond donors (Lipinski definition) is 2. The molecule has 7 heteroatoms. The number of amides is 1. The van der Waals surface area contributed by atoms with Crippen LogP contribution < -0.4 is 5.32 Å². The molecule has 1 fully saturated rings. The molecule has 0 saturated heterocycles. The zero-order valence-electron chi connectivity index (χ0n) is 18.8. The van der Waals surface area contributed by atoms with Gasteiger partial charge in [-0.05, 0) is 54.8 Å². The number of benzene rings is 2. The third kappa shape index (κ3) is 4.40. The van der Waals surface area contributed by atoms with Gasteiger partial charge in [-0.15, -0.1) is 0 Å². The van der Waals surface area contributed by atoms with Gasteiger partial charge in [-0.1, -0.05) is 31.4 Å². The second-order valence-corrected chi connectivity index (χ2v) is 8.84. The van der Waals surface area contributed by atoms with Crippen LogP contribution in [0.3, 0.4) is 0 Å². The number of nitriles is 1. The number of rotatable bonds is 6. The fourth-order valence-corrected chi connectivity index (χ4v) is 4.78. The highest BCUT2D eigenvalue weighted by molar-refractivity contribution is 5.98. The molecule has 0 bridgehead atoms. The summed E-state index contributed by atoms with van der Waals surface area (Å²) in [6, 6.07) is 15.9. The maximum atomic E-state index is 13.0. The van der Waals surface area contributed by atoms with E-state index in [0.717, 1.165) is 40.8 Å². The molecule has 1 amide bonds. The smallest absolute Gasteiger partial charge is 0.252 e. The van der Waals surface area contributed by atoms with Crippen LogP contribution in [0.2, 0.25) is 0 Å². The highest BCUT2D eigenvalue weighted by atomic mass is 16.3. The molecule has 1 aliphatic rings. The Bertz CT molecular complexity index is 1330. The summed E-state index contributed by atoms with van der Waals surface area (Å²) in [4.78, 5) is 17.9. The highest BCUT2D eigenvalue weighted by Crippen LogP contribution is 2.36. The van der Waals surface area contributed by atoms with Crippen molar-refractivity contribution < 1.29 is 14.3 Å². The topological polar surface area (TPSA) is 104 Å². The molecule has 1 unspecified atom stereocenters. The summed E-state index contributed by atoms with van der Waals surface area (Å²) in [7, 11) is 0. The molecule has 4 aromatic rings. The van der Waals surface area contributed by atoms with Crippen molar-refractivity contribution in [2.75, 3.05) is 0 Å². The van der Waals surface area contributed by atoms with Gasteiger partial charge in [-0.25, -0.2) is 4.98 Å². The fraction of sp³-hybridized carbons (Fsp3) is 0.296. The van der Waals surface area contributed by atoms with Gasteiger partial charge in [-0.3, -0.25) is 4.79 Å². The van der Waals surface area contributed by atoms with Gasteiger partial charge >= 0.3 is 0 Å². The molecule has 2 aromatic carbocycles. The summed E-state index contributed by atoms with van der Waals surface area (Å²) in [6.45, 7) is 0. The number of hydrogen-bond acceptors (Lipinski definition) is 5. The first-order valence-electron chi connectivity index (χ1n) is 11.7. The van der Waals surface area contributed by atoms with Crippen LogP contribution in [0, 0.1) is 11.3 Å². The van der Waals surface area contributed by atoms with E-state index in [1.807, 2.05) is 12.1 Å². The normalized spacial score (nSPS) is 15.1. The maximum absolute atomic E-state index is 13.0. The molecule has 1 atom stereocenters. The number of nitrogens with zero attached hydrogens (tertiary/aromatic N) is 3. The van der Waals surface area contributed by atoms with Crippen LogP contribution in [0.15, 0.2) is 65.5 Å². The lowest BCUT2D eigenvalue weighted by atomic mass is 9.95. The van der Waals surface area contributed by atoms with Gasteiger partial charge in [-0.2, -0.15) is 5.26 Å². The number of furan rings is 1. The Kier molecular flexibility index (Phi) is 6.05. The first-order valence-corrected chi connectivity index (χ1v) is 11.7. The number of phenols is 1. The van der Waals surface area contributed by atoms with Gasteiger partial charge in [0, 0.05) is 18.0 Å². The number of carbonyl (C=O) groups excluding carboxylic acids is 1. The molecule has 34 heavy (non-hydrogen) atoms. The first-order chi connectivity index (χ1) is 16.6. The van der Waals surface area contributed by atoms with Gasteiger partial charge in [0.25, 0.3) is 5.91 Å². The van der Waals surface area contributed by atoms with Gasteiger partial charge < -0.3 is 19.4 Å². The minimum absolute atomic E-state index is 0.164. The second-order valence-electron chi connectivity index (χ2n) is 8.84. The largest absolute Gasteiger partial charge is 0.508 e. The molecule has 5 rings (SSSR count). The van der Waals surface area contributed by atoms with Crippen LogP contribution in [-0.2, 0) is 6.42 Å². The number of carbonyl (C=O) groups is 1. The summed E-state index contributed by atoms with van der Waals surface area (Å²) in [5.74, 6) is 0.705. The van der Waals surface area contributed by atoms with Gasteiger partial charge in [0.05, 0.1) is 28.9 Å². The Morgan fingerprint density at radius 2 is 1.97 bits per heavy atom. The Morgan fingerprint density at radius 1 is 1.18 bits per heavy atom. The van der Waals surface area contributed by atoms with Crippen LogP contribution in [-0.4, -0.2) is 26.6 Å². The van der Waals surface area contributed by atoms with Crippen molar-refractivity contribution >= 4 is 16.9 Å². The van der Waals surface area contributed by atoms with E-state index in [1.165, 1.54) is 19.3 Å². The van der Waals surface area contributed by atoms with Crippen LogP contribution >= 0.6 is 0 Å². The number of phenolic OH excluding ortho intramolecular Hbond substituents is 1. The van der Waals surface area contributed by atoms with Crippen molar-refractivity contribution in [1.29, 1.82) is 5.26 Å². The molecule has 0 radical (unpaired) electrons. The Labute approximate surface area is 197 Å². The van der Waals surface area contributed by atoms with Crippen molar-refractivity contribution in [1.82, 2.24) is 14.9 Å². The van der Waals surface area contributed by atoms with Crippen molar-refractivity contribution in [2.45, 2.75) is 50.6 Å². The minimum Gasteiger partial charge on any atom is -0.508 e. The zero-order valence-corrected chi connectivity index (χ0v) is 18.8. The van der Waals surface area contributed by atoms with Crippen molar-refractivity contribution in [2.24, 2.45) is 0 Å². The van der Waals surface area contributed by atoms with Crippen LogP contribution in [0.1, 0.15) is 54.1 Å². The first kappa shape index (κ1) is 21.8. The van der Waals surface area contributed by atoms with E-state index in [1.54, 1.807) is 48.9 Å². The predicted molar refractivity (Wildman–Crippen MR) is 128 cm³/mol. The molecule has 0 spiro atoms. The summed E-state index contributed by atoms with van der Waals surface area (Å²) in [5.41, 5.74) is 4.00. The van der Waals surface area contributed by atoms with Gasteiger partial charge in [0.15, 0.2) is 0 Å². The summed E-state index contributed by atoms with van der Waals surface area (Å²) >= 11 is 0. The lowest BCUT2D eigenvalue weighted by Gasteiger charge is -2.25. The third-order valence-corrected chi connectivity index (χ3v) is 6.51. The monoisotopic (exact) mass is 454 g/mol. The molecule has 2 heterocycles. The van der Waals surface area contributed by atoms with Crippen molar-refractivity contribution in [3.05, 3.63) is 72.2 Å². The quantitative estimate of drug-likeness (QED) is 0.407. The minimum atomic E-state index is -0.686. The summed E-state index contributed by atoms with van der Waals surface area (Å²) in [6.07, 6.45) is 9.59. The standard InChI is InChI=1S/C27H26N4O3/c28-16-21(14-18-6-9-23(32)10-7-18)29-27(33)19-8-11-25-24(15-19)30-26(20-12-13-34-17-20)31(25)22-4-2-1-3-5-22/h6-13,15,17,21-22,32H,1-5,14H2,(H,29,33). The van der Waals surface area contributed by atoms with E-state index in [2.05, 4.69) is 16.0 Å². The van der Waals surface area contributed by atoms with E-state index >= 15 is 0 Å². The Hall–Kier alpha value is -4.05. The van der Waals surface area contributed by atoms with Gasteiger partial charge in [0.1, 0.15) is 23.9 Å². The third-order valence-electron chi connectivity index (χ3n) is 6.51. The van der Waals surface area contributed by atoms with Gasteiger partial charge in [0.2, 0.25) is 0 Å². The van der Waals surface area contributed by atoms with Crippen molar-refractivity contribution in [3.8, 4) is 23.2 Å². The number of aromatic nitrogens is 2. The van der Waals surface area contributed by atoms with Crippen molar-refractivity contribution in [3.63, 3.8) is 0 Å². The molecular formula is C27H26N4O3. The number of aromatic hydroxyl groups is 1. The molecule has 1 saturated carbocycles. The fourth-order valence-electron chi connectivity index (χ4n) is 4.78. The molecule has 172 valence electrons. The molecular weight excluding hydrogens is 428 g/mol. The van der Waals surface area contributed by atoms with Crippen LogP contribution in [0.5, 0.6) is 5.75 Å². The van der Waals surface area contributed by atoms with E-state index in [0.29, 0.717) is 18.0 Å². The number of fused-ring (bicyclic) bond motifs is 1. The van der Waals surface area contributed by atoms with Crippen LogP contribution in [0.25, 0.3) is 22.4 Å². The highest BCUT2D eigenvalue weighted by Gasteiger charge is 2.24. The van der Waals surface area contributed by atoms with E-state index in [4.69, 9.17) is 9.40 Å². The maximum Gasteiger partial charge on any atom is 0.252 e. The lowest BCUT2D eigenvalue weighted by molar-refractivity contribution is 0.0945. The molecule has 7 nitrogen and oxygen atoms in total. The average molecular weight is 455 g/mol. The van der Waals surface area contributed by atoms with E-state index in [9.17, 15) is 15.2 Å². The molecule has 0 aliphatic heterocycles. The number of nitrogens with one attached hydrogen (secondary N) is 1. The molecule has 1 aliphatic carbocycles. The zero-order chi connectivity index (χ0) is 23.5. The molecule has 2 N–H and O–H groups in total. The van der Waals surface area contributed by atoms with E-state index in [-0.39, 0.29) is 11.7 Å².